The molecular formula is C14H18N2O2. The molecule has 0 bridgehead atoms. The van der Waals surface area contributed by atoms with E-state index >= 15 is 0 Å². The van der Waals surface area contributed by atoms with Gasteiger partial charge in [-0.2, -0.15) is 5.10 Å². The summed E-state index contributed by atoms with van der Waals surface area (Å²) >= 11 is 0. The lowest BCUT2D eigenvalue weighted by Crippen LogP contribution is -2.12. The molecule has 0 amide bonds. The first-order valence-corrected chi connectivity index (χ1v) is 6.61. The van der Waals surface area contributed by atoms with Gasteiger partial charge in [-0.3, -0.25) is 4.68 Å². The molecule has 0 N–H and O–H groups in total. The minimum atomic E-state index is 0.462. The predicted octanol–water partition coefficient (Wildman–Crippen LogP) is 3.56. The van der Waals surface area contributed by atoms with E-state index in [4.69, 9.17) is 9.15 Å². The molecular weight excluding hydrogens is 228 g/mol. The number of nitrogens with zero attached hydrogens (tertiary/aromatic N) is 2. The van der Waals surface area contributed by atoms with Crippen LogP contribution in [0.1, 0.15) is 43.9 Å². The fourth-order valence-corrected chi connectivity index (χ4v) is 2.49. The van der Waals surface area contributed by atoms with E-state index in [-0.39, 0.29) is 0 Å². The van der Waals surface area contributed by atoms with Crippen LogP contribution in [0.4, 0.5) is 0 Å². The number of furan rings is 1. The summed E-state index contributed by atoms with van der Waals surface area (Å²) in [4.78, 5) is 0. The summed E-state index contributed by atoms with van der Waals surface area (Å²) < 4.78 is 12.9. The van der Waals surface area contributed by atoms with Gasteiger partial charge in [0.05, 0.1) is 24.7 Å². The van der Waals surface area contributed by atoms with Gasteiger partial charge in [-0.25, -0.2) is 0 Å². The highest BCUT2D eigenvalue weighted by molar-refractivity contribution is 5.13. The molecule has 4 nitrogen and oxygen atoms in total. The SMILES string of the molecule is c1coc(COc2cnn(C3CCCCC3)c2)c1. The Labute approximate surface area is 107 Å². The van der Waals surface area contributed by atoms with Crippen molar-refractivity contribution in [3.05, 3.63) is 36.5 Å². The van der Waals surface area contributed by atoms with Crippen molar-refractivity contribution in [3.63, 3.8) is 0 Å². The lowest BCUT2D eigenvalue weighted by atomic mass is 9.96. The zero-order valence-electron chi connectivity index (χ0n) is 10.4. The van der Waals surface area contributed by atoms with Crippen LogP contribution in [-0.4, -0.2) is 9.78 Å². The van der Waals surface area contributed by atoms with Crippen LogP contribution in [0.3, 0.4) is 0 Å². The van der Waals surface area contributed by atoms with Crippen molar-refractivity contribution >= 4 is 0 Å². The second-order valence-electron chi connectivity index (χ2n) is 4.82. The highest BCUT2D eigenvalue weighted by Gasteiger charge is 2.16. The average molecular weight is 246 g/mol. The Morgan fingerprint density at radius 1 is 1.33 bits per heavy atom. The van der Waals surface area contributed by atoms with Gasteiger partial charge in [-0.05, 0) is 25.0 Å². The zero-order valence-corrected chi connectivity index (χ0v) is 10.4. The minimum Gasteiger partial charge on any atom is -0.482 e. The maximum absolute atomic E-state index is 5.64. The van der Waals surface area contributed by atoms with Crippen molar-refractivity contribution in [2.75, 3.05) is 0 Å². The summed E-state index contributed by atoms with van der Waals surface area (Å²) in [6.07, 6.45) is 11.9. The van der Waals surface area contributed by atoms with Crippen LogP contribution in [0.2, 0.25) is 0 Å². The second-order valence-corrected chi connectivity index (χ2v) is 4.82. The van der Waals surface area contributed by atoms with Gasteiger partial charge in [0, 0.05) is 0 Å². The molecule has 0 radical (unpaired) electrons. The van der Waals surface area contributed by atoms with Gasteiger partial charge in [0.2, 0.25) is 0 Å². The van der Waals surface area contributed by atoms with Crippen molar-refractivity contribution < 1.29 is 9.15 Å². The van der Waals surface area contributed by atoms with E-state index in [2.05, 4.69) is 9.78 Å². The third-order valence-corrected chi connectivity index (χ3v) is 3.49. The molecule has 2 aromatic heterocycles. The van der Waals surface area contributed by atoms with Crippen molar-refractivity contribution in [2.45, 2.75) is 44.8 Å². The van der Waals surface area contributed by atoms with Crippen molar-refractivity contribution in [1.82, 2.24) is 9.78 Å². The van der Waals surface area contributed by atoms with Gasteiger partial charge in [0.25, 0.3) is 0 Å². The van der Waals surface area contributed by atoms with Crippen LogP contribution in [0.5, 0.6) is 5.75 Å². The van der Waals surface area contributed by atoms with Crippen LogP contribution in [0.15, 0.2) is 35.2 Å². The maximum Gasteiger partial charge on any atom is 0.157 e. The summed E-state index contributed by atoms with van der Waals surface area (Å²) in [7, 11) is 0. The Morgan fingerprint density at radius 3 is 3.00 bits per heavy atom. The summed E-state index contributed by atoms with van der Waals surface area (Å²) in [6.45, 7) is 0.462. The predicted molar refractivity (Wildman–Crippen MR) is 67.4 cm³/mol. The monoisotopic (exact) mass is 246 g/mol. The molecule has 0 saturated heterocycles. The molecule has 96 valence electrons. The Balaban J connectivity index is 1.59. The van der Waals surface area contributed by atoms with Crippen molar-refractivity contribution in [2.24, 2.45) is 0 Å². The number of hydrogen-bond donors (Lipinski definition) is 0. The largest absolute Gasteiger partial charge is 0.482 e. The molecule has 1 fully saturated rings. The van der Waals surface area contributed by atoms with E-state index in [0.717, 1.165) is 11.5 Å². The number of aromatic nitrogens is 2. The molecule has 0 aliphatic heterocycles. The summed E-state index contributed by atoms with van der Waals surface area (Å²) in [6, 6.07) is 4.33. The number of hydrogen-bond acceptors (Lipinski definition) is 3. The van der Waals surface area contributed by atoms with E-state index in [1.54, 1.807) is 12.5 Å². The van der Waals surface area contributed by atoms with Gasteiger partial charge in [0.15, 0.2) is 5.75 Å². The summed E-state index contributed by atoms with van der Waals surface area (Å²) in [5.41, 5.74) is 0. The maximum atomic E-state index is 5.64. The third kappa shape index (κ3) is 2.58. The van der Waals surface area contributed by atoms with Gasteiger partial charge in [-0.1, -0.05) is 19.3 Å². The average Bonchev–Trinajstić information content (AvgIpc) is 3.09. The Kier molecular flexibility index (Phi) is 3.35. The first-order chi connectivity index (χ1) is 8.92. The van der Waals surface area contributed by atoms with Crippen molar-refractivity contribution in [1.29, 1.82) is 0 Å². The third-order valence-electron chi connectivity index (χ3n) is 3.49. The van der Waals surface area contributed by atoms with Crippen LogP contribution < -0.4 is 4.74 Å². The van der Waals surface area contributed by atoms with E-state index in [1.165, 1.54) is 32.1 Å². The lowest BCUT2D eigenvalue weighted by molar-refractivity contribution is 0.268. The fraction of sp³-hybridized carbons (Fsp3) is 0.500. The summed E-state index contributed by atoms with van der Waals surface area (Å²) in [5, 5.41) is 4.40. The van der Waals surface area contributed by atoms with E-state index < -0.39 is 0 Å². The zero-order chi connectivity index (χ0) is 12.2. The Morgan fingerprint density at radius 2 is 2.22 bits per heavy atom. The Hall–Kier alpha value is -1.71. The molecule has 1 saturated carbocycles. The second kappa shape index (κ2) is 5.29. The lowest BCUT2D eigenvalue weighted by Gasteiger charge is -2.21. The minimum absolute atomic E-state index is 0.462. The van der Waals surface area contributed by atoms with Gasteiger partial charge in [0.1, 0.15) is 12.4 Å². The van der Waals surface area contributed by atoms with Crippen LogP contribution in [0, 0.1) is 0 Å². The number of ether oxygens (including phenoxy) is 1. The van der Waals surface area contributed by atoms with Crippen LogP contribution in [-0.2, 0) is 6.61 Å². The normalized spacial score (nSPS) is 16.9. The fourth-order valence-electron chi connectivity index (χ4n) is 2.49. The van der Waals surface area contributed by atoms with Gasteiger partial charge < -0.3 is 9.15 Å². The molecule has 1 aliphatic rings. The Bertz CT molecular complexity index is 470. The van der Waals surface area contributed by atoms with E-state index in [1.807, 2.05) is 18.3 Å². The molecule has 0 atom stereocenters. The molecule has 2 heterocycles. The molecule has 2 aromatic rings. The number of rotatable bonds is 4. The molecule has 0 aromatic carbocycles. The molecule has 1 aliphatic carbocycles. The molecule has 0 spiro atoms. The molecule has 4 heteroatoms. The van der Waals surface area contributed by atoms with Gasteiger partial charge in [-0.15, -0.1) is 0 Å². The van der Waals surface area contributed by atoms with Crippen molar-refractivity contribution in [3.8, 4) is 5.75 Å². The standard InChI is InChI=1S/C14H18N2O2/c1-2-5-12(6-3-1)16-10-14(9-15-16)18-11-13-7-4-8-17-13/h4,7-10,12H,1-3,5-6,11H2. The van der Waals surface area contributed by atoms with E-state index in [9.17, 15) is 0 Å². The van der Waals surface area contributed by atoms with Crippen LogP contribution >= 0.6 is 0 Å². The first-order valence-electron chi connectivity index (χ1n) is 6.61. The van der Waals surface area contributed by atoms with Gasteiger partial charge >= 0.3 is 0 Å². The first kappa shape index (κ1) is 11.4. The molecule has 18 heavy (non-hydrogen) atoms. The van der Waals surface area contributed by atoms with Crippen LogP contribution in [0.25, 0.3) is 0 Å². The molecule has 0 unspecified atom stereocenters. The highest BCUT2D eigenvalue weighted by atomic mass is 16.5. The quantitative estimate of drug-likeness (QED) is 0.828. The smallest absolute Gasteiger partial charge is 0.157 e. The topological polar surface area (TPSA) is 40.2 Å². The van der Waals surface area contributed by atoms with E-state index in [0.29, 0.717) is 12.6 Å². The summed E-state index contributed by atoms with van der Waals surface area (Å²) in [5.74, 6) is 1.65. The molecule has 3 rings (SSSR count). The highest BCUT2D eigenvalue weighted by Crippen LogP contribution is 2.28.